The van der Waals surface area contributed by atoms with Crippen molar-refractivity contribution in [2.24, 2.45) is 4.99 Å². The Bertz CT molecular complexity index is 1000. The van der Waals surface area contributed by atoms with E-state index in [0.717, 1.165) is 53.7 Å². The van der Waals surface area contributed by atoms with Crippen molar-refractivity contribution in [1.82, 2.24) is 4.90 Å². The van der Waals surface area contributed by atoms with Crippen molar-refractivity contribution in [3.63, 3.8) is 0 Å². The highest BCUT2D eigenvalue weighted by molar-refractivity contribution is 7.16. The van der Waals surface area contributed by atoms with Crippen LogP contribution in [0.3, 0.4) is 0 Å². The standard InChI is InChI=1S/C18H23FN4S.C4H4O4/c1-4-13-11-14-17(20-8-5-9-23(2)3)21-16-10-12(19)6-7-15(16)22-18(14)24-13;5-3(6)1-2-4(7)8/h6-7,10-11,22H,4-5,8-9H2,1-3H3,(H,20,21);1-2H,(H,5,6)(H,7,8)/b;2-1-. The molecule has 0 unspecified atom stereocenters. The van der Waals surface area contributed by atoms with Gasteiger partial charge in [0.2, 0.25) is 0 Å². The van der Waals surface area contributed by atoms with Crippen molar-refractivity contribution in [2.45, 2.75) is 19.8 Å². The Kier molecular flexibility index (Phi) is 9.36. The molecule has 0 amide bonds. The predicted octanol–water partition coefficient (Wildman–Crippen LogP) is 4.03. The molecule has 2 heterocycles. The van der Waals surface area contributed by atoms with E-state index >= 15 is 0 Å². The van der Waals surface area contributed by atoms with Gasteiger partial charge < -0.3 is 25.7 Å². The molecule has 1 aromatic carbocycles. The number of anilines is 3. The Labute approximate surface area is 190 Å². The average Bonchev–Trinajstić information content (AvgIpc) is 3.08. The maximum Gasteiger partial charge on any atom is 0.328 e. The molecule has 8 nitrogen and oxygen atoms in total. The number of aryl methyl sites for hydroxylation is 1. The second-order valence-corrected chi connectivity index (χ2v) is 8.28. The Morgan fingerprint density at radius 2 is 1.81 bits per heavy atom. The Morgan fingerprint density at radius 3 is 2.41 bits per heavy atom. The number of nitrogens with one attached hydrogen (secondary N) is 2. The van der Waals surface area contributed by atoms with Gasteiger partial charge in [-0.15, -0.1) is 11.3 Å². The highest BCUT2D eigenvalue weighted by atomic mass is 32.1. The first kappa shape index (κ1) is 25.0. The van der Waals surface area contributed by atoms with E-state index in [-0.39, 0.29) is 5.82 Å². The van der Waals surface area contributed by atoms with Gasteiger partial charge in [-0.3, -0.25) is 4.99 Å². The second-order valence-electron chi connectivity index (χ2n) is 7.15. The van der Waals surface area contributed by atoms with Gasteiger partial charge in [-0.2, -0.15) is 0 Å². The molecule has 1 aliphatic heterocycles. The first-order chi connectivity index (χ1) is 15.2. The summed E-state index contributed by atoms with van der Waals surface area (Å²) in [5, 5.41) is 23.4. The van der Waals surface area contributed by atoms with Gasteiger partial charge in [0.15, 0.2) is 0 Å². The largest absolute Gasteiger partial charge is 0.478 e. The summed E-state index contributed by atoms with van der Waals surface area (Å²) in [4.78, 5) is 27.3. The molecule has 0 saturated heterocycles. The minimum absolute atomic E-state index is 0.255. The van der Waals surface area contributed by atoms with Crippen LogP contribution in [0.2, 0.25) is 0 Å². The second kappa shape index (κ2) is 12.0. The summed E-state index contributed by atoms with van der Waals surface area (Å²) < 4.78 is 13.6. The molecule has 0 bridgehead atoms. The number of thiophene rings is 1. The average molecular weight is 463 g/mol. The van der Waals surface area contributed by atoms with E-state index in [1.807, 2.05) is 0 Å². The van der Waals surface area contributed by atoms with Crippen molar-refractivity contribution in [3.8, 4) is 0 Å². The van der Waals surface area contributed by atoms with Crippen LogP contribution >= 0.6 is 11.3 Å². The molecule has 10 heteroatoms. The molecule has 2 aromatic rings. The number of amidine groups is 1. The van der Waals surface area contributed by atoms with Gasteiger partial charge in [0.25, 0.3) is 0 Å². The number of fused-ring (bicyclic) bond motifs is 2. The third-order valence-corrected chi connectivity index (χ3v) is 5.47. The first-order valence-corrected chi connectivity index (χ1v) is 10.8. The number of hydrogen-bond donors (Lipinski definition) is 4. The lowest BCUT2D eigenvalue weighted by molar-refractivity contribution is -0.134. The molecule has 0 radical (unpaired) electrons. The summed E-state index contributed by atoms with van der Waals surface area (Å²) in [7, 11) is 4.12. The fourth-order valence-corrected chi connectivity index (χ4v) is 3.79. The quantitative estimate of drug-likeness (QED) is 0.363. The lowest BCUT2D eigenvalue weighted by Gasteiger charge is -2.10. The molecule has 0 spiro atoms. The van der Waals surface area contributed by atoms with Gasteiger partial charge in [0.05, 0.1) is 16.9 Å². The SMILES string of the molecule is CCc1cc2c(s1)Nc1ccc(F)cc1NC2=NCCCN(C)C.O=C(O)/C=C\C(=O)O. The molecular formula is C22H27FN4O4S. The molecule has 172 valence electrons. The summed E-state index contributed by atoms with van der Waals surface area (Å²) in [6, 6.07) is 6.92. The lowest BCUT2D eigenvalue weighted by Crippen LogP contribution is -2.16. The minimum atomic E-state index is -1.26. The van der Waals surface area contributed by atoms with Crippen LogP contribution in [-0.2, 0) is 16.0 Å². The van der Waals surface area contributed by atoms with Crippen molar-refractivity contribution < 1.29 is 24.2 Å². The highest BCUT2D eigenvalue weighted by Gasteiger charge is 2.20. The van der Waals surface area contributed by atoms with Crippen LogP contribution in [0.5, 0.6) is 0 Å². The normalized spacial score (nSPS) is 13.5. The number of aliphatic carboxylic acids is 2. The number of aliphatic imine (C=N–C) groups is 1. The van der Waals surface area contributed by atoms with Crippen molar-refractivity contribution in [3.05, 3.63) is 52.7 Å². The van der Waals surface area contributed by atoms with E-state index in [1.54, 1.807) is 17.4 Å². The maximum absolute atomic E-state index is 13.6. The zero-order valence-electron chi connectivity index (χ0n) is 18.2. The zero-order valence-corrected chi connectivity index (χ0v) is 19.0. The molecule has 0 saturated carbocycles. The Morgan fingerprint density at radius 1 is 1.12 bits per heavy atom. The van der Waals surface area contributed by atoms with E-state index in [9.17, 15) is 14.0 Å². The van der Waals surface area contributed by atoms with Crippen LogP contribution < -0.4 is 10.6 Å². The minimum Gasteiger partial charge on any atom is -0.478 e. The number of benzene rings is 1. The van der Waals surface area contributed by atoms with Crippen LogP contribution in [0.1, 0.15) is 23.8 Å². The van der Waals surface area contributed by atoms with E-state index in [0.29, 0.717) is 12.2 Å². The van der Waals surface area contributed by atoms with E-state index < -0.39 is 11.9 Å². The first-order valence-electron chi connectivity index (χ1n) is 9.99. The summed E-state index contributed by atoms with van der Waals surface area (Å²) in [6.07, 6.45) is 3.09. The fraction of sp³-hybridized carbons (Fsp3) is 0.318. The summed E-state index contributed by atoms with van der Waals surface area (Å²) in [6.45, 7) is 3.88. The number of carboxylic acids is 2. The number of hydrogen-bond acceptors (Lipinski definition) is 6. The number of carbonyl (C=O) groups is 2. The molecule has 32 heavy (non-hydrogen) atoms. The van der Waals surface area contributed by atoms with Crippen LogP contribution in [0.25, 0.3) is 0 Å². The molecule has 0 atom stereocenters. The van der Waals surface area contributed by atoms with Crippen LogP contribution in [0.4, 0.5) is 20.8 Å². The van der Waals surface area contributed by atoms with Gasteiger partial charge in [-0.05, 0) is 57.7 Å². The van der Waals surface area contributed by atoms with Crippen molar-refractivity contribution in [2.75, 3.05) is 37.8 Å². The summed E-state index contributed by atoms with van der Waals surface area (Å²) in [5.41, 5.74) is 2.67. The van der Waals surface area contributed by atoms with E-state index in [1.165, 1.54) is 17.0 Å². The van der Waals surface area contributed by atoms with E-state index in [4.69, 9.17) is 15.2 Å². The molecule has 0 fully saturated rings. The third kappa shape index (κ3) is 7.78. The zero-order chi connectivity index (χ0) is 23.7. The number of nitrogens with zero attached hydrogens (tertiary/aromatic N) is 2. The lowest BCUT2D eigenvalue weighted by atomic mass is 10.2. The highest BCUT2D eigenvalue weighted by Crippen LogP contribution is 2.37. The molecule has 0 aliphatic carbocycles. The third-order valence-electron chi connectivity index (χ3n) is 4.27. The maximum atomic E-state index is 13.6. The summed E-state index contributed by atoms with van der Waals surface area (Å²) in [5.74, 6) is -1.95. The Hall–Kier alpha value is -3.24. The number of halogens is 1. The van der Waals surface area contributed by atoms with Crippen LogP contribution in [0.15, 0.2) is 41.4 Å². The number of rotatable bonds is 7. The van der Waals surface area contributed by atoms with E-state index in [2.05, 4.69) is 42.6 Å². The summed E-state index contributed by atoms with van der Waals surface area (Å²) >= 11 is 1.73. The number of carboxylic acid groups (broad SMARTS) is 2. The van der Waals surface area contributed by atoms with Gasteiger partial charge >= 0.3 is 11.9 Å². The molecule has 1 aliphatic rings. The predicted molar refractivity (Wildman–Crippen MR) is 126 cm³/mol. The van der Waals surface area contributed by atoms with Gasteiger partial charge in [-0.25, -0.2) is 14.0 Å². The van der Waals surface area contributed by atoms with Crippen molar-refractivity contribution >= 4 is 45.5 Å². The smallest absolute Gasteiger partial charge is 0.328 e. The monoisotopic (exact) mass is 462 g/mol. The molecule has 3 rings (SSSR count). The van der Waals surface area contributed by atoms with Gasteiger partial charge in [0.1, 0.15) is 16.7 Å². The van der Waals surface area contributed by atoms with Crippen LogP contribution in [0, 0.1) is 5.82 Å². The Balaban J connectivity index is 0.000000390. The van der Waals surface area contributed by atoms with Crippen LogP contribution in [-0.4, -0.2) is 60.1 Å². The molecular weight excluding hydrogens is 435 g/mol. The van der Waals surface area contributed by atoms with Gasteiger partial charge in [0, 0.05) is 23.6 Å². The molecule has 4 N–H and O–H groups in total. The topological polar surface area (TPSA) is 114 Å². The van der Waals surface area contributed by atoms with Crippen molar-refractivity contribution in [1.29, 1.82) is 0 Å². The fourth-order valence-electron chi connectivity index (χ4n) is 2.78. The molecule has 1 aromatic heterocycles. The van der Waals surface area contributed by atoms with Gasteiger partial charge in [-0.1, -0.05) is 6.92 Å².